The molecule has 0 aliphatic carbocycles. The molecule has 1 aliphatic heterocycles. The van der Waals surface area contributed by atoms with Gasteiger partial charge in [0.2, 0.25) is 11.8 Å². The van der Waals surface area contributed by atoms with Crippen LogP contribution in [0.25, 0.3) is 0 Å². The van der Waals surface area contributed by atoms with Gasteiger partial charge in [-0.25, -0.2) is 0 Å². The van der Waals surface area contributed by atoms with Crippen LogP contribution in [0.5, 0.6) is 5.75 Å². The van der Waals surface area contributed by atoms with Gasteiger partial charge in [-0.05, 0) is 38.2 Å². The summed E-state index contributed by atoms with van der Waals surface area (Å²) in [4.78, 5) is 28.0. The van der Waals surface area contributed by atoms with Crippen LogP contribution in [0.2, 0.25) is 0 Å². The molecule has 0 bridgehead atoms. The highest BCUT2D eigenvalue weighted by molar-refractivity contribution is 5.83. The highest BCUT2D eigenvalue weighted by Gasteiger charge is 2.31. The molecule has 1 atom stereocenters. The van der Waals surface area contributed by atoms with E-state index in [1.165, 1.54) is 24.3 Å². The first-order chi connectivity index (χ1) is 12.6. The molecule has 6 nitrogen and oxygen atoms in total. The minimum atomic E-state index is -4.73. The number of piperidine rings is 1. The van der Waals surface area contributed by atoms with Crippen molar-refractivity contribution < 1.29 is 27.5 Å². The van der Waals surface area contributed by atoms with Gasteiger partial charge in [-0.1, -0.05) is 12.1 Å². The number of hydrogen-bond acceptors (Lipinski definition) is 4. The molecular formula is C18H24F3N3O3. The second kappa shape index (κ2) is 9.07. The summed E-state index contributed by atoms with van der Waals surface area (Å²) in [6.45, 7) is 1.90. The number of nitrogens with one attached hydrogen (secondary N) is 1. The minimum absolute atomic E-state index is 0.0566. The van der Waals surface area contributed by atoms with Crippen molar-refractivity contribution in [1.29, 1.82) is 0 Å². The third kappa shape index (κ3) is 7.09. The monoisotopic (exact) mass is 387 g/mol. The van der Waals surface area contributed by atoms with Crippen LogP contribution in [-0.2, 0) is 16.1 Å². The average molecular weight is 387 g/mol. The number of benzene rings is 1. The summed E-state index contributed by atoms with van der Waals surface area (Å²) in [6.07, 6.45) is -3.89. The Bertz CT molecular complexity index is 647. The highest BCUT2D eigenvalue weighted by atomic mass is 19.4. The second-order valence-electron chi connectivity index (χ2n) is 6.79. The van der Waals surface area contributed by atoms with Gasteiger partial charge in [0.25, 0.3) is 0 Å². The van der Waals surface area contributed by atoms with Crippen LogP contribution in [0.4, 0.5) is 13.2 Å². The maximum Gasteiger partial charge on any atom is 0.573 e. The van der Waals surface area contributed by atoms with Gasteiger partial charge in [-0.3, -0.25) is 9.59 Å². The van der Waals surface area contributed by atoms with E-state index in [9.17, 15) is 22.8 Å². The summed E-state index contributed by atoms with van der Waals surface area (Å²) in [7, 11) is 3.84. The van der Waals surface area contributed by atoms with Crippen molar-refractivity contribution >= 4 is 11.8 Å². The van der Waals surface area contributed by atoms with Crippen LogP contribution in [0.1, 0.15) is 18.4 Å². The molecular weight excluding hydrogens is 363 g/mol. The number of likely N-dealkylation sites (N-methyl/N-ethyl adjacent to an activating group) is 1. The summed E-state index contributed by atoms with van der Waals surface area (Å²) in [5.41, 5.74) is 0.661. The Balaban J connectivity index is 1.83. The molecule has 2 rings (SSSR count). The van der Waals surface area contributed by atoms with Gasteiger partial charge >= 0.3 is 6.36 Å². The molecule has 27 heavy (non-hydrogen) atoms. The van der Waals surface area contributed by atoms with Gasteiger partial charge in [-0.15, -0.1) is 13.2 Å². The van der Waals surface area contributed by atoms with Gasteiger partial charge < -0.3 is 19.9 Å². The molecule has 2 amide bonds. The number of likely N-dealkylation sites (tertiary alicyclic amines) is 1. The lowest BCUT2D eigenvalue weighted by atomic mass is 9.96. The van der Waals surface area contributed by atoms with Crippen molar-refractivity contribution in [3.05, 3.63) is 29.8 Å². The van der Waals surface area contributed by atoms with Crippen LogP contribution in [0, 0.1) is 5.92 Å². The Hall–Kier alpha value is -2.29. The fraction of sp³-hybridized carbons (Fsp3) is 0.556. The Morgan fingerprint density at radius 1 is 1.30 bits per heavy atom. The Kier molecular flexibility index (Phi) is 7.06. The molecule has 1 aromatic carbocycles. The standard InChI is InChI=1S/C18H24F3N3O3/c1-23(2)9-10-24-12-14(5-8-16(24)25)17(26)22-11-13-3-6-15(7-4-13)27-18(19,20)21/h3-4,6-7,14H,5,8-12H2,1-2H3,(H,22,26). The highest BCUT2D eigenvalue weighted by Crippen LogP contribution is 2.23. The number of halogens is 3. The molecule has 1 aliphatic rings. The first-order valence-electron chi connectivity index (χ1n) is 8.69. The van der Waals surface area contributed by atoms with Gasteiger partial charge in [0.15, 0.2) is 0 Å². The lowest BCUT2D eigenvalue weighted by Crippen LogP contribution is -2.47. The van der Waals surface area contributed by atoms with Crippen LogP contribution < -0.4 is 10.1 Å². The molecule has 1 saturated heterocycles. The van der Waals surface area contributed by atoms with Gasteiger partial charge in [0.05, 0.1) is 5.92 Å². The quantitative estimate of drug-likeness (QED) is 0.778. The van der Waals surface area contributed by atoms with Gasteiger partial charge in [0, 0.05) is 32.6 Å². The number of amides is 2. The third-order valence-electron chi connectivity index (χ3n) is 4.31. The topological polar surface area (TPSA) is 61.9 Å². The maximum absolute atomic E-state index is 12.4. The molecule has 150 valence electrons. The first-order valence-corrected chi connectivity index (χ1v) is 8.69. The van der Waals surface area contributed by atoms with Crippen LogP contribution >= 0.6 is 0 Å². The lowest BCUT2D eigenvalue weighted by molar-refractivity contribution is -0.274. The van der Waals surface area contributed by atoms with Crippen molar-refractivity contribution in [3.8, 4) is 5.75 Å². The van der Waals surface area contributed by atoms with E-state index in [-0.39, 0.29) is 30.0 Å². The van der Waals surface area contributed by atoms with Crippen LogP contribution in [-0.4, -0.2) is 61.7 Å². The number of rotatable bonds is 7. The predicted octanol–water partition coefficient (Wildman–Crippen LogP) is 2.00. The fourth-order valence-electron chi connectivity index (χ4n) is 2.81. The average Bonchev–Trinajstić information content (AvgIpc) is 2.58. The molecule has 0 radical (unpaired) electrons. The maximum atomic E-state index is 12.4. The largest absolute Gasteiger partial charge is 0.573 e. The number of alkyl halides is 3. The molecule has 0 aromatic heterocycles. The molecule has 1 aromatic rings. The first kappa shape index (κ1) is 21.0. The SMILES string of the molecule is CN(C)CCN1CC(C(=O)NCc2ccc(OC(F)(F)F)cc2)CCC1=O. The molecule has 0 spiro atoms. The molecule has 1 fully saturated rings. The fourth-order valence-corrected chi connectivity index (χ4v) is 2.81. The Morgan fingerprint density at radius 2 is 1.96 bits per heavy atom. The van der Waals surface area contributed by atoms with E-state index in [1.54, 1.807) is 4.90 Å². The molecule has 0 saturated carbocycles. The molecule has 1 heterocycles. The predicted molar refractivity (Wildman–Crippen MR) is 92.8 cm³/mol. The summed E-state index contributed by atoms with van der Waals surface area (Å²) >= 11 is 0. The van der Waals surface area contributed by atoms with E-state index >= 15 is 0 Å². The summed E-state index contributed by atoms with van der Waals surface area (Å²) < 4.78 is 40.3. The normalized spacial score (nSPS) is 17.9. The van der Waals surface area contributed by atoms with Gasteiger partial charge in [-0.2, -0.15) is 0 Å². The third-order valence-corrected chi connectivity index (χ3v) is 4.31. The zero-order valence-corrected chi connectivity index (χ0v) is 15.4. The van der Waals surface area contributed by atoms with E-state index in [1.807, 2.05) is 19.0 Å². The summed E-state index contributed by atoms with van der Waals surface area (Å²) in [5.74, 6) is -0.688. The molecule has 1 N–H and O–H groups in total. The van der Waals surface area contributed by atoms with Crippen molar-refractivity contribution in [3.63, 3.8) is 0 Å². The number of carbonyl (C=O) groups is 2. The van der Waals surface area contributed by atoms with Crippen molar-refractivity contribution in [2.75, 3.05) is 33.7 Å². The Labute approximate surface area is 156 Å². The zero-order chi connectivity index (χ0) is 20.0. The molecule has 9 heteroatoms. The number of ether oxygens (including phenoxy) is 1. The smallest absolute Gasteiger partial charge is 0.406 e. The zero-order valence-electron chi connectivity index (χ0n) is 15.4. The number of carbonyl (C=O) groups excluding carboxylic acids is 2. The van der Waals surface area contributed by atoms with E-state index in [2.05, 4.69) is 10.1 Å². The van der Waals surface area contributed by atoms with Crippen molar-refractivity contribution in [1.82, 2.24) is 15.1 Å². The van der Waals surface area contributed by atoms with Crippen LogP contribution in [0.3, 0.4) is 0 Å². The van der Waals surface area contributed by atoms with E-state index in [4.69, 9.17) is 0 Å². The van der Waals surface area contributed by atoms with Crippen LogP contribution in [0.15, 0.2) is 24.3 Å². The van der Waals surface area contributed by atoms with E-state index in [0.29, 0.717) is 31.5 Å². The summed E-state index contributed by atoms with van der Waals surface area (Å²) in [6, 6.07) is 5.35. The van der Waals surface area contributed by atoms with Gasteiger partial charge in [0.1, 0.15) is 5.75 Å². The minimum Gasteiger partial charge on any atom is -0.406 e. The van der Waals surface area contributed by atoms with E-state index in [0.717, 1.165) is 6.54 Å². The van der Waals surface area contributed by atoms with Crippen molar-refractivity contribution in [2.45, 2.75) is 25.7 Å². The van der Waals surface area contributed by atoms with E-state index < -0.39 is 6.36 Å². The number of nitrogens with zero attached hydrogens (tertiary/aromatic N) is 2. The second-order valence-corrected chi connectivity index (χ2v) is 6.79. The van der Waals surface area contributed by atoms with Crippen molar-refractivity contribution in [2.24, 2.45) is 5.92 Å². The molecule has 1 unspecified atom stereocenters. The Morgan fingerprint density at radius 3 is 2.56 bits per heavy atom. The number of hydrogen-bond donors (Lipinski definition) is 1. The lowest BCUT2D eigenvalue weighted by Gasteiger charge is -2.32. The summed E-state index contributed by atoms with van der Waals surface area (Å²) in [5, 5.41) is 2.79.